The van der Waals surface area contributed by atoms with Crippen molar-refractivity contribution in [1.29, 1.82) is 0 Å². The highest BCUT2D eigenvalue weighted by Gasteiger charge is 2.16. The van der Waals surface area contributed by atoms with E-state index in [1.54, 1.807) is 5.38 Å². The minimum Gasteiger partial charge on any atom is -0.465 e. The van der Waals surface area contributed by atoms with Gasteiger partial charge in [-0.2, -0.15) is 0 Å². The maximum atomic E-state index is 11.3. The molecule has 0 spiro atoms. The Morgan fingerprint density at radius 2 is 2.29 bits per heavy atom. The summed E-state index contributed by atoms with van der Waals surface area (Å²) in [4.78, 5) is 12.3. The largest absolute Gasteiger partial charge is 0.465 e. The van der Waals surface area contributed by atoms with Crippen LogP contribution in [-0.4, -0.2) is 13.1 Å². The number of esters is 1. The number of anilines is 1. The van der Waals surface area contributed by atoms with Crippen molar-refractivity contribution in [2.75, 3.05) is 12.8 Å². The van der Waals surface area contributed by atoms with Crippen LogP contribution in [0.2, 0.25) is 0 Å². The van der Waals surface area contributed by atoms with Crippen molar-refractivity contribution in [1.82, 2.24) is 0 Å². The van der Waals surface area contributed by atoms with Crippen molar-refractivity contribution in [2.45, 2.75) is 19.8 Å². The molecule has 0 aliphatic rings. The lowest BCUT2D eigenvalue weighted by Gasteiger charge is -2.01. The van der Waals surface area contributed by atoms with Gasteiger partial charge in [0.05, 0.1) is 18.4 Å². The van der Waals surface area contributed by atoms with Gasteiger partial charge >= 0.3 is 5.97 Å². The fourth-order valence-electron chi connectivity index (χ4n) is 1.16. The lowest BCUT2D eigenvalue weighted by molar-refractivity contribution is 0.0601. The number of methoxy groups -OCH3 is 1. The number of hydrogen-bond donors (Lipinski definition) is 1. The van der Waals surface area contributed by atoms with Crippen LogP contribution >= 0.6 is 23.7 Å². The first-order valence-corrected chi connectivity index (χ1v) is 5.02. The molecule has 0 aromatic carbocycles. The first-order valence-electron chi connectivity index (χ1n) is 4.14. The Labute approximate surface area is 93.7 Å². The summed E-state index contributed by atoms with van der Waals surface area (Å²) >= 11 is 1.52. The van der Waals surface area contributed by atoms with Crippen molar-refractivity contribution in [3.8, 4) is 0 Å². The first kappa shape index (κ1) is 13.3. The number of carbonyl (C=O) groups excluding carboxylic acids is 1. The maximum Gasteiger partial charge on any atom is 0.341 e. The van der Waals surface area contributed by atoms with E-state index >= 15 is 0 Å². The molecule has 0 bridgehead atoms. The standard InChI is InChI=1S/C9H13NO2S.ClH/c1-3-4-7-8(9(11)12-2)6(10)5-13-7;/h5H,3-4,10H2,1-2H3;1H. The third-order valence-corrected chi connectivity index (χ3v) is 2.83. The molecule has 1 aromatic rings. The first-order chi connectivity index (χ1) is 6.20. The SMILES string of the molecule is CCCc1scc(N)c1C(=O)OC.Cl. The molecular weight excluding hydrogens is 222 g/mol. The quantitative estimate of drug-likeness (QED) is 0.819. The van der Waals surface area contributed by atoms with E-state index < -0.39 is 0 Å². The lowest BCUT2D eigenvalue weighted by Crippen LogP contribution is -2.05. The molecule has 5 heteroatoms. The summed E-state index contributed by atoms with van der Waals surface area (Å²) in [5.74, 6) is -0.331. The van der Waals surface area contributed by atoms with E-state index in [1.165, 1.54) is 18.4 Å². The van der Waals surface area contributed by atoms with Gasteiger partial charge in [-0.15, -0.1) is 23.7 Å². The van der Waals surface area contributed by atoms with E-state index in [9.17, 15) is 4.79 Å². The van der Waals surface area contributed by atoms with Gasteiger partial charge in [0.1, 0.15) is 0 Å². The number of nitrogen functional groups attached to an aromatic ring is 1. The second-order valence-corrected chi connectivity index (χ2v) is 3.70. The van der Waals surface area contributed by atoms with Crippen molar-refractivity contribution < 1.29 is 9.53 Å². The number of ether oxygens (including phenoxy) is 1. The smallest absolute Gasteiger partial charge is 0.341 e. The van der Waals surface area contributed by atoms with E-state index in [2.05, 4.69) is 11.7 Å². The minimum absolute atomic E-state index is 0. The molecule has 0 radical (unpaired) electrons. The third kappa shape index (κ3) is 2.62. The lowest BCUT2D eigenvalue weighted by atomic mass is 10.1. The zero-order chi connectivity index (χ0) is 9.84. The highest BCUT2D eigenvalue weighted by atomic mass is 35.5. The summed E-state index contributed by atoms with van der Waals surface area (Å²) in [6.07, 6.45) is 1.89. The van der Waals surface area contributed by atoms with Gasteiger partial charge in [-0.1, -0.05) is 13.3 Å². The molecule has 0 saturated carbocycles. The van der Waals surface area contributed by atoms with Crippen LogP contribution in [0.25, 0.3) is 0 Å². The fraction of sp³-hybridized carbons (Fsp3) is 0.444. The number of rotatable bonds is 3. The number of carbonyl (C=O) groups is 1. The van der Waals surface area contributed by atoms with Gasteiger partial charge < -0.3 is 10.5 Å². The highest BCUT2D eigenvalue weighted by molar-refractivity contribution is 7.10. The Bertz CT molecular complexity index is 312. The topological polar surface area (TPSA) is 52.3 Å². The van der Waals surface area contributed by atoms with E-state index in [-0.39, 0.29) is 18.4 Å². The predicted molar refractivity (Wildman–Crippen MR) is 61.3 cm³/mol. The third-order valence-electron chi connectivity index (χ3n) is 1.76. The van der Waals surface area contributed by atoms with Gasteiger partial charge in [0.25, 0.3) is 0 Å². The van der Waals surface area contributed by atoms with Crippen LogP contribution < -0.4 is 5.73 Å². The molecule has 0 atom stereocenters. The average molecular weight is 236 g/mol. The Balaban J connectivity index is 0.00000169. The monoisotopic (exact) mass is 235 g/mol. The molecule has 1 rings (SSSR count). The van der Waals surface area contributed by atoms with Crippen LogP contribution in [0.5, 0.6) is 0 Å². The van der Waals surface area contributed by atoms with Gasteiger partial charge in [0, 0.05) is 10.3 Å². The molecule has 0 aliphatic heterocycles. The molecule has 0 saturated heterocycles. The molecule has 0 fully saturated rings. The second-order valence-electron chi connectivity index (χ2n) is 2.73. The van der Waals surface area contributed by atoms with Crippen LogP contribution in [0.4, 0.5) is 5.69 Å². The molecule has 80 valence electrons. The van der Waals surface area contributed by atoms with Gasteiger partial charge in [-0.05, 0) is 6.42 Å². The number of aryl methyl sites for hydroxylation is 1. The Hall–Kier alpha value is -0.740. The molecule has 0 amide bonds. The van der Waals surface area contributed by atoms with Crippen molar-refractivity contribution in [2.24, 2.45) is 0 Å². The van der Waals surface area contributed by atoms with E-state index in [0.29, 0.717) is 11.3 Å². The number of halogens is 1. The summed E-state index contributed by atoms with van der Waals surface area (Å²) < 4.78 is 4.65. The molecule has 0 unspecified atom stereocenters. The van der Waals surface area contributed by atoms with Gasteiger partial charge in [0.2, 0.25) is 0 Å². The van der Waals surface area contributed by atoms with Crippen LogP contribution in [0, 0.1) is 0 Å². The summed E-state index contributed by atoms with van der Waals surface area (Å²) in [7, 11) is 1.37. The zero-order valence-corrected chi connectivity index (χ0v) is 9.83. The van der Waals surface area contributed by atoms with Gasteiger partial charge in [0.15, 0.2) is 0 Å². The predicted octanol–water partition coefficient (Wildman–Crippen LogP) is 2.49. The van der Waals surface area contributed by atoms with Gasteiger partial charge in [-0.25, -0.2) is 4.79 Å². The maximum absolute atomic E-state index is 11.3. The average Bonchev–Trinajstić information content (AvgIpc) is 2.47. The van der Waals surface area contributed by atoms with Crippen LogP contribution in [0.15, 0.2) is 5.38 Å². The molecule has 2 N–H and O–H groups in total. The molecule has 1 heterocycles. The second kappa shape index (κ2) is 5.88. The van der Waals surface area contributed by atoms with E-state index in [0.717, 1.165) is 17.7 Å². The van der Waals surface area contributed by atoms with E-state index in [1.807, 2.05) is 0 Å². The fourth-order valence-corrected chi connectivity index (χ4v) is 2.19. The number of hydrogen-bond acceptors (Lipinski definition) is 4. The summed E-state index contributed by atoms with van der Waals surface area (Å²) in [5, 5.41) is 1.79. The summed E-state index contributed by atoms with van der Waals surface area (Å²) in [6.45, 7) is 2.07. The van der Waals surface area contributed by atoms with Gasteiger partial charge in [-0.3, -0.25) is 0 Å². The Morgan fingerprint density at radius 3 is 2.79 bits per heavy atom. The summed E-state index contributed by atoms with van der Waals surface area (Å²) in [6, 6.07) is 0. The minimum atomic E-state index is -0.331. The zero-order valence-electron chi connectivity index (χ0n) is 8.20. The molecule has 1 aromatic heterocycles. The number of nitrogens with two attached hydrogens (primary N) is 1. The molecule has 0 aliphatic carbocycles. The van der Waals surface area contributed by atoms with Crippen molar-refractivity contribution >= 4 is 35.4 Å². The molecule has 3 nitrogen and oxygen atoms in total. The van der Waals surface area contributed by atoms with E-state index in [4.69, 9.17) is 5.73 Å². The van der Waals surface area contributed by atoms with Crippen LogP contribution in [0.3, 0.4) is 0 Å². The van der Waals surface area contributed by atoms with Crippen LogP contribution in [0.1, 0.15) is 28.6 Å². The van der Waals surface area contributed by atoms with Crippen molar-refractivity contribution in [3.05, 3.63) is 15.8 Å². The molecule has 14 heavy (non-hydrogen) atoms. The number of thiophene rings is 1. The normalized spacial score (nSPS) is 9.29. The van der Waals surface area contributed by atoms with Crippen LogP contribution in [-0.2, 0) is 11.2 Å². The Morgan fingerprint density at radius 1 is 1.64 bits per heavy atom. The Kier molecular flexibility index (Phi) is 5.57. The van der Waals surface area contributed by atoms with Crippen molar-refractivity contribution in [3.63, 3.8) is 0 Å². The molecular formula is C9H14ClNO2S. The highest BCUT2D eigenvalue weighted by Crippen LogP contribution is 2.26. The summed E-state index contributed by atoms with van der Waals surface area (Å²) in [5.41, 5.74) is 6.74.